The summed E-state index contributed by atoms with van der Waals surface area (Å²) in [5.74, 6) is 0.146. The third kappa shape index (κ3) is 1.37. The molecular weight excluding hydrogens is 182 g/mol. The zero-order valence-electron chi connectivity index (χ0n) is 7.33. The third-order valence-electron chi connectivity index (χ3n) is 1.87. The number of oxime groups is 1. The first-order valence-corrected chi connectivity index (χ1v) is 4.05. The van der Waals surface area contributed by atoms with Crippen molar-refractivity contribution in [1.82, 2.24) is 14.6 Å². The van der Waals surface area contributed by atoms with Crippen LogP contribution in [0.1, 0.15) is 5.69 Å². The molecule has 3 N–H and O–H groups in total. The van der Waals surface area contributed by atoms with Gasteiger partial charge in [0.2, 0.25) is 0 Å². The van der Waals surface area contributed by atoms with Gasteiger partial charge in [0.15, 0.2) is 5.65 Å². The first-order valence-electron chi connectivity index (χ1n) is 4.05. The van der Waals surface area contributed by atoms with Crippen molar-refractivity contribution in [2.75, 3.05) is 0 Å². The molecule has 0 saturated carbocycles. The van der Waals surface area contributed by atoms with Crippen molar-refractivity contribution in [1.29, 1.82) is 0 Å². The number of aromatic nitrogens is 3. The van der Waals surface area contributed by atoms with Crippen LogP contribution >= 0.6 is 0 Å². The Balaban J connectivity index is 2.46. The van der Waals surface area contributed by atoms with Crippen molar-refractivity contribution in [3.8, 4) is 0 Å². The van der Waals surface area contributed by atoms with Gasteiger partial charge in [-0.3, -0.25) is 0 Å². The van der Waals surface area contributed by atoms with Gasteiger partial charge in [-0.25, -0.2) is 9.50 Å². The summed E-state index contributed by atoms with van der Waals surface area (Å²) in [6, 6.07) is 5.53. The molecule has 0 bridgehead atoms. The summed E-state index contributed by atoms with van der Waals surface area (Å²) >= 11 is 0. The van der Waals surface area contributed by atoms with Gasteiger partial charge in [-0.15, -0.1) is 0 Å². The number of nitrogens with two attached hydrogens (primary N) is 1. The van der Waals surface area contributed by atoms with E-state index in [4.69, 9.17) is 10.9 Å². The molecule has 2 aromatic rings. The molecule has 0 spiro atoms. The maximum Gasteiger partial charge on any atom is 0.155 e. The van der Waals surface area contributed by atoms with E-state index in [0.717, 1.165) is 11.3 Å². The molecule has 2 aromatic heterocycles. The topological polar surface area (TPSA) is 88.8 Å². The van der Waals surface area contributed by atoms with E-state index < -0.39 is 0 Å². The van der Waals surface area contributed by atoms with Crippen molar-refractivity contribution in [3.63, 3.8) is 0 Å². The molecule has 0 atom stereocenters. The molecule has 14 heavy (non-hydrogen) atoms. The van der Waals surface area contributed by atoms with Gasteiger partial charge in [0, 0.05) is 0 Å². The molecule has 0 aliphatic carbocycles. The second-order valence-corrected chi connectivity index (χ2v) is 2.82. The molecule has 0 unspecified atom stereocenters. The van der Waals surface area contributed by atoms with Crippen molar-refractivity contribution < 1.29 is 5.21 Å². The summed E-state index contributed by atoms with van der Waals surface area (Å²) in [7, 11) is 0. The number of hydrogen-bond donors (Lipinski definition) is 2. The minimum Gasteiger partial charge on any atom is -0.409 e. The Morgan fingerprint density at radius 2 is 2.43 bits per heavy atom. The number of amidine groups is 1. The lowest BCUT2D eigenvalue weighted by atomic mass is 10.2. The number of rotatable bonds is 2. The molecule has 6 heteroatoms. The minimum absolute atomic E-state index is 0.146. The monoisotopic (exact) mass is 191 g/mol. The van der Waals surface area contributed by atoms with Gasteiger partial charge in [0.25, 0.3) is 0 Å². The second kappa shape index (κ2) is 3.33. The van der Waals surface area contributed by atoms with Crippen LogP contribution in [0.3, 0.4) is 0 Å². The predicted octanol–water partition coefficient (Wildman–Crippen LogP) is 0.0182. The first-order chi connectivity index (χ1) is 6.81. The summed E-state index contributed by atoms with van der Waals surface area (Å²) in [6.45, 7) is 0. The lowest BCUT2D eigenvalue weighted by Crippen LogP contribution is -2.16. The molecule has 2 heterocycles. The lowest BCUT2D eigenvalue weighted by molar-refractivity contribution is 0.317. The molecule has 0 aliphatic rings. The lowest BCUT2D eigenvalue weighted by Gasteiger charge is -2.01. The average Bonchev–Trinajstić information content (AvgIpc) is 2.66. The van der Waals surface area contributed by atoms with Crippen LogP contribution in [-0.4, -0.2) is 25.6 Å². The third-order valence-corrected chi connectivity index (χ3v) is 1.87. The van der Waals surface area contributed by atoms with Crippen molar-refractivity contribution in [3.05, 3.63) is 30.2 Å². The summed E-state index contributed by atoms with van der Waals surface area (Å²) in [5.41, 5.74) is 6.98. The first kappa shape index (κ1) is 8.49. The zero-order chi connectivity index (χ0) is 9.97. The molecule has 2 rings (SSSR count). The maximum absolute atomic E-state index is 8.44. The van der Waals surface area contributed by atoms with Crippen LogP contribution in [0.25, 0.3) is 5.65 Å². The minimum atomic E-state index is 0.146. The van der Waals surface area contributed by atoms with Crippen LogP contribution in [-0.2, 0) is 6.42 Å². The average molecular weight is 191 g/mol. The standard InChI is InChI=1S/C8H9N5O/c9-7(12-14)4-6-2-1-3-8-10-5-11-13(6)8/h1-3,5,14H,4H2,(H2,9,12). The highest BCUT2D eigenvalue weighted by molar-refractivity contribution is 5.81. The van der Waals surface area contributed by atoms with E-state index in [2.05, 4.69) is 15.2 Å². The Morgan fingerprint density at radius 3 is 3.21 bits per heavy atom. The quantitative estimate of drug-likeness (QED) is 0.303. The van der Waals surface area contributed by atoms with Crippen LogP contribution in [0.2, 0.25) is 0 Å². The van der Waals surface area contributed by atoms with Gasteiger partial charge >= 0.3 is 0 Å². The Kier molecular flexibility index (Phi) is 2.02. The van der Waals surface area contributed by atoms with Crippen LogP contribution in [0.15, 0.2) is 29.7 Å². The normalized spacial score (nSPS) is 12.1. The molecule has 0 amide bonds. The molecular formula is C8H9N5O. The highest BCUT2D eigenvalue weighted by Crippen LogP contribution is 2.04. The molecule has 72 valence electrons. The SMILES string of the molecule is N/C(Cc1cccc2ncnn12)=N\O. The van der Waals surface area contributed by atoms with E-state index in [1.807, 2.05) is 18.2 Å². The van der Waals surface area contributed by atoms with E-state index in [-0.39, 0.29) is 5.84 Å². The molecule has 0 aromatic carbocycles. The van der Waals surface area contributed by atoms with E-state index in [9.17, 15) is 0 Å². The van der Waals surface area contributed by atoms with Gasteiger partial charge in [-0.2, -0.15) is 5.10 Å². The van der Waals surface area contributed by atoms with Crippen LogP contribution in [0.4, 0.5) is 0 Å². The van der Waals surface area contributed by atoms with Crippen LogP contribution in [0, 0.1) is 0 Å². The van der Waals surface area contributed by atoms with Gasteiger partial charge in [-0.1, -0.05) is 11.2 Å². The Morgan fingerprint density at radius 1 is 1.57 bits per heavy atom. The van der Waals surface area contributed by atoms with Crippen molar-refractivity contribution in [2.45, 2.75) is 6.42 Å². The highest BCUT2D eigenvalue weighted by atomic mass is 16.4. The van der Waals surface area contributed by atoms with Gasteiger partial charge < -0.3 is 10.9 Å². The van der Waals surface area contributed by atoms with Crippen molar-refractivity contribution in [2.24, 2.45) is 10.9 Å². The number of hydrogen-bond acceptors (Lipinski definition) is 4. The van der Waals surface area contributed by atoms with Crippen LogP contribution < -0.4 is 5.73 Å². The fourth-order valence-corrected chi connectivity index (χ4v) is 1.26. The fraction of sp³-hybridized carbons (Fsp3) is 0.125. The highest BCUT2D eigenvalue weighted by Gasteiger charge is 2.03. The number of fused-ring (bicyclic) bond motifs is 1. The van der Waals surface area contributed by atoms with Gasteiger partial charge in [-0.05, 0) is 12.1 Å². The summed E-state index contributed by atoms with van der Waals surface area (Å²) < 4.78 is 1.65. The van der Waals surface area contributed by atoms with E-state index in [0.29, 0.717) is 6.42 Å². The Labute approximate surface area is 79.7 Å². The van der Waals surface area contributed by atoms with E-state index in [1.165, 1.54) is 6.33 Å². The number of nitrogens with zero attached hydrogens (tertiary/aromatic N) is 4. The van der Waals surface area contributed by atoms with E-state index >= 15 is 0 Å². The summed E-state index contributed by atoms with van der Waals surface area (Å²) in [6.07, 6.45) is 1.81. The molecule has 6 nitrogen and oxygen atoms in total. The number of pyridine rings is 1. The molecule has 0 fully saturated rings. The molecule has 0 saturated heterocycles. The smallest absolute Gasteiger partial charge is 0.155 e. The Hall–Kier alpha value is -2.11. The maximum atomic E-state index is 8.44. The van der Waals surface area contributed by atoms with Gasteiger partial charge in [0.1, 0.15) is 12.2 Å². The van der Waals surface area contributed by atoms with E-state index in [1.54, 1.807) is 4.52 Å². The second-order valence-electron chi connectivity index (χ2n) is 2.82. The molecule has 0 radical (unpaired) electrons. The molecule has 0 aliphatic heterocycles. The Bertz CT molecular complexity index is 475. The largest absolute Gasteiger partial charge is 0.409 e. The summed E-state index contributed by atoms with van der Waals surface area (Å²) in [4.78, 5) is 4.02. The van der Waals surface area contributed by atoms with Crippen LogP contribution in [0.5, 0.6) is 0 Å². The zero-order valence-corrected chi connectivity index (χ0v) is 7.33. The van der Waals surface area contributed by atoms with Gasteiger partial charge in [0.05, 0.1) is 12.1 Å². The predicted molar refractivity (Wildman–Crippen MR) is 50.1 cm³/mol. The fourth-order valence-electron chi connectivity index (χ4n) is 1.26. The summed E-state index contributed by atoms with van der Waals surface area (Å²) in [5, 5.41) is 15.4. The van der Waals surface area contributed by atoms with Crippen molar-refractivity contribution >= 4 is 11.5 Å².